The topological polar surface area (TPSA) is 59.3 Å². The van der Waals surface area contributed by atoms with Crippen LogP contribution in [0.25, 0.3) is 5.69 Å². The van der Waals surface area contributed by atoms with Crippen LogP contribution >= 0.6 is 0 Å². The SMILES string of the molecule is CCN(CC(=O)Nc1c(C)n(C)n(-c2ccccc2)c1=O)Cc1ccccc1. The van der Waals surface area contributed by atoms with Crippen molar-refractivity contribution in [2.75, 3.05) is 18.4 Å². The first-order valence-electron chi connectivity index (χ1n) is 9.41. The number of para-hydroxylation sites is 1. The molecule has 0 spiro atoms. The van der Waals surface area contributed by atoms with Crippen molar-refractivity contribution < 1.29 is 4.79 Å². The molecule has 0 saturated heterocycles. The molecule has 0 saturated carbocycles. The minimum Gasteiger partial charge on any atom is -0.319 e. The van der Waals surface area contributed by atoms with E-state index in [4.69, 9.17) is 0 Å². The second-order valence-electron chi connectivity index (χ2n) is 6.77. The Balaban J connectivity index is 1.76. The van der Waals surface area contributed by atoms with Gasteiger partial charge in [0.2, 0.25) is 5.91 Å². The molecule has 0 fully saturated rings. The van der Waals surface area contributed by atoms with Crippen LogP contribution in [0.4, 0.5) is 5.69 Å². The van der Waals surface area contributed by atoms with Crippen molar-refractivity contribution in [2.45, 2.75) is 20.4 Å². The van der Waals surface area contributed by atoms with Gasteiger partial charge in [-0.2, -0.15) is 0 Å². The fraction of sp³-hybridized carbons (Fsp3) is 0.273. The molecule has 0 unspecified atom stereocenters. The van der Waals surface area contributed by atoms with Gasteiger partial charge in [-0.15, -0.1) is 0 Å². The molecule has 0 aliphatic heterocycles. The Hall–Kier alpha value is -3.12. The minimum atomic E-state index is -0.231. The number of nitrogens with zero attached hydrogens (tertiary/aromatic N) is 3. The lowest BCUT2D eigenvalue weighted by Crippen LogP contribution is -2.34. The van der Waals surface area contributed by atoms with Gasteiger partial charge < -0.3 is 5.32 Å². The Morgan fingerprint density at radius 3 is 2.25 bits per heavy atom. The van der Waals surface area contributed by atoms with Gasteiger partial charge in [0.05, 0.1) is 17.9 Å². The predicted molar refractivity (Wildman–Crippen MR) is 112 cm³/mol. The van der Waals surface area contributed by atoms with Gasteiger partial charge in [-0.1, -0.05) is 55.5 Å². The average molecular weight is 378 g/mol. The highest BCUT2D eigenvalue weighted by Crippen LogP contribution is 2.14. The zero-order chi connectivity index (χ0) is 20.1. The second kappa shape index (κ2) is 8.71. The molecule has 28 heavy (non-hydrogen) atoms. The van der Waals surface area contributed by atoms with E-state index in [1.807, 2.05) is 86.5 Å². The van der Waals surface area contributed by atoms with Crippen molar-refractivity contribution in [3.05, 3.63) is 82.3 Å². The minimum absolute atomic E-state index is 0.191. The van der Waals surface area contributed by atoms with Crippen LogP contribution in [0.5, 0.6) is 0 Å². The Bertz CT molecular complexity index is 991. The summed E-state index contributed by atoms with van der Waals surface area (Å²) in [5.41, 5.74) is 2.73. The van der Waals surface area contributed by atoms with Gasteiger partial charge in [0.25, 0.3) is 5.56 Å². The van der Waals surface area contributed by atoms with Crippen molar-refractivity contribution in [1.29, 1.82) is 0 Å². The van der Waals surface area contributed by atoms with E-state index >= 15 is 0 Å². The molecule has 1 aromatic heterocycles. The second-order valence-corrected chi connectivity index (χ2v) is 6.77. The van der Waals surface area contributed by atoms with Gasteiger partial charge in [-0.25, -0.2) is 4.68 Å². The highest BCUT2D eigenvalue weighted by atomic mass is 16.2. The molecule has 0 atom stereocenters. The number of amides is 1. The highest BCUT2D eigenvalue weighted by molar-refractivity contribution is 5.92. The van der Waals surface area contributed by atoms with Crippen molar-refractivity contribution in [1.82, 2.24) is 14.3 Å². The Morgan fingerprint density at radius 2 is 1.64 bits per heavy atom. The lowest BCUT2D eigenvalue weighted by Gasteiger charge is -2.19. The molecule has 0 bridgehead atoms. The maximum atomic E-state index is 12.9. The molecular weight excluding hydrogens is 352 g/mol. The lowest BCUT2D eigenvalue weighted by molar-refractivity contribution is -0.117. The first-order chi connectivity index (χ1) is 13.5. The van der Waals surface area contributed by atoms with E-state index in [1.165, 1.54) is 0 Å². The van der Waals surface area contributed by atoms with Crippen LogP contribution in [-0.2, 0) is 18.4 Å². The lowest BCUT2D eigenvalue weighted by atomic mass is 10.2. The number of carbonyl (C=O) groups excluding carboxylic acids is 1. The van der Waals surface area contributed by atoms with E-state index in [1.54, 1.807) is 9.36 Å². The summed E-state index contributed by atoms with van der Waals surface area (Å²) >= 11 is 0. The summed E-state index contributed by atoms with van der Waals surface area (Å²) in [6.45, 7) is 5.51. The zero-order valence-corrected chi connectivity index (χ0v) is 16.6. The van der Waals surface area contributed by atoms with Crippen LogP contribution in [0.2, 0.25) is 0 Å². The summed E-state index contributed by atoms with van der Waals surface area (Å²) < 4.78 is 3.32. The van der Waals surface area contributed by atoms with Gasteiger partial charge in [0.1, 0.15) is 5.69 Å². The van der Waals surface area contributed by atoms with Crippen LogP contribution in [0.3, 0.4) is 0 Å². The summed E-state index contributed by atoms with van der Waals surface area (Å²) in [6.07, 6.45) is 0. The van der Waals surface area contributed by atoms with Crippen LogP contribution < -0.4 is 10.9 Å². The summed E-state index contributed by atoms with van der Waals surface area (Å²) in [4.78, 5) is 27.6. The number of likely N-dealkylation sites (N-methyl/N-ethyl adjacent to an activating group) is 1. The molecule has 2 aromatic carbocycles. The number of hydrogen-bond donors (Lipinski definition) is 1. The third-order valence-electron chi connectivity index (χ3n) is 4.88. The maximum absolute atomic E-state index is 12.9. The Morgan fingerprint density at radius 1 is 1.04 bits per heavy atom. The first kappa shape index (κ1) is 19.6. The highest BCUT2D eigenvalue weighted by Gasteiger charge is 2.19. The molecule has 0 aliphatic carbocycles. The monoisotopic (exact) mass is 378 g/mol. The summed E-state index contributed by atoms with van der Waals surface area (Å²) in [5.74, 6) is -0.191. The number of hydrogen-bond acceptors (Lipinski definition) is 3. The standard InChI is InChI=1S/C22H26N4O2/c1-4-25(15-18-11-7-5-8-12-18)16-20(27)23-21-17(2)24(3)26(22(21)28)19-13-9-6-10-14-19/h5-14H,4,15-16H2,1-3H3,(H,23,27). The van der Waals surface area contributed by atoms with E-state index in [9.17, 15) is 9.59 Å². The zero-order valence-electron chi connectivity index (χ0n) is 16.6. The van der Waals surface area contributed by atoms with Crippen molar-refractivity contribution in [3.8, 4) is 5.69 Å². The van der Waals surface area contributed by atoms with Gasteiger partial charge >= 0.3 is 0 Å². The average Bonchev–Trinajstić information content (AvgIpc) is 2.92. The van der Waals surface area contributed by atoms with Crippen molar-refractivity contribution >= 4 is 11.6 Å². The fourth-order valence-corrected chi connectivity index (χ4v) is 3.22. The molecular formula is C22H26N4O2. The Kier molecular flexibility index (Phi) is 6.11. The van der Waals surface area contributed by atoms with E-state index in [2.05, 4.69) is 5.32 Å². The molecule has 146 valence electrons. The third kappa shape index (κ3) is 4.23. The fourth-order valence-electron chi connectivity index (χ4n) is 3.22. The maximum Gasteiger partial charge on any atom is 0.295 e. The van der Waals surface area contributed by atoms with Crippen molar-refractivity contribution in [3.63, 3.8) is 0 Å². The van der Waals surface area contributed by atoms with E-state index in [-0.39, 0.29) is 18.0 Å². The summed E-state index contributed by atoms with van der Waals surface area (Å²) in [6, 6.07) is 19.4. The van der Waals surface area contributed by atoms with Gasteiger partial charge in [-0.05, 0) is 31.2 Å². The quantitative estimate of drug-likeness (QED) is 0.688. The number of aromatic nitrogens is 2. The molecule has 6 nitrogen and oxygen atoms in total. The summed E-state index contributed by atoms with van der Waals surface area (Å²) in [5, 5.41) is 2.83. The van der Waals surface area contributed by atoms with E-state index < -0.39 is 0 Å². The number of benzene rings is 2. The smallest absolute Gasteiger partial charge is 0.295 e. The number of rotatable bonds is 7. The number of carbonyl (C=O) groups is 1. The predicted octanol–water partition coefficient (Wildman–Crippen LogP) is 2.95. The number of anilines is 1. The molecule has 0 aliphatic rings. The van der Waals surface area contributed by atoms with Crippen LogP contribution in [-0.4, -0.2) is 33.3 Å². The molecule has 6 heteroatoms. The normalized spacial score (nSPS) is 11.0. The third-order valence-corrected chi connectivity index (χ3v) is 4.88. The molecule has 1 heterocycles. The molecule has 3 rings (SSSR count). The molecule has 3 aromatic rings. The largest absolute Gasteiger partial charge is 0.319 e. The van der Waals surface area contributed by atoms with Gasteiger partial charge in [-0.3, -0.25) is 19.2 Å². The van der Waals surface area contributed by atoms with Crippen LogP contribution in [0.15, 0.2) is 65.5 Å². The molecule has 1 amide bonds. The van der Waals surface area contributed by atoms with Gasteiger partial charge in [0.15, 0.2) is 0 Å². The van der Waals surface area contributed by atoms with Crippen LogP contribution in [0.1, 0.15) is 18.2 Å². The molecule has 1 N–H and O–H groups in total. The summed E-state index contributed by atoms with van der Waals surface area (Å²) in [7, 11) is 1.81. The van der Waals surface area contributed by atoms with E-state index in [0.29, 0.717) is 17.9 Å². The van der Waals surface area contributed by atoms with E-state index in [0.717, 1.165) is 17.8 Å². The number of nitrogens with one attached hydrogen (secondary N) is 1. The van der Waals surface area contributed by atoms with Crippen molar-refractivity contribution in [2.24, 2.45) is 7.05 Å². The first-order valence-corrected chi connectivity index (χ1v) is 9.41. The Labute approximate surface area is 165 Å². The van der Waals surface area contributed by atoms with Crippen LogP contribution in [0, 0.1) is 6.92 Å². The van der Waals surface area contributed by atoms with Gasteiger partial charge in [0, 0.05) is 13.6 Å². The molecule has 0 radical (unpaired) electrons.